The van der Waals surface area contributed by atoms with Crippen molar-refractivity contribution < 1.29 is 13.2 Å². The average Bonchev–Trinajstić information content (AvgIpc) is 2.62. The number of hydrogen-bond acceptors (Lipinski definition) is 3. The fraction of sp³-hybridized carbons (Fsp3) is 0.381. The number of anilines is 2. The lowest BCUT2D eigenvalue weighted by atomic mass is 9.91. The Bertz CT molecular complexity index is 912. The van der Waals surface area contributed by atoms with Crippen molar-refractivity contribution >= 4 is 27.3 Å². The molecule has 0 saturated heterocycles. The number of para-hydroxylation sites is 2. The zero-order chi connectivity index (χ0) is 19.6. The lowest BCUT2D eigenvalue weighted by molar-refractivity contribution is -0.119. The van der Waals surface area contributed by atoms with Crippen molar-refractivity contribution in [2.75, 3.05) is 15.5 Å². The van der Waals surface area contributed by atoms with E-state index in [0.29, 0.717) is 18.5 Å². The Morgan fingerprint density at radius 2 is 1.74 bits per heavy atom. The third kappa shape index (κ3) is 3.86. The number of hydrogen-bond donors (Lipinski definition) is 0. The van der Waals surface area contributed by atoms with Crippen LogP contribution in [0.3, 0.4) is 0 Å². The Labute approximate surface area is 161 Å². The van der Waals surface area contributed by atoms with E-state index in [0.717, 1.165) is 17.7 Å². The van der Waals surface area contributed by atoms with Crippen molar-refractivity contribution in [1.82, 2.24) is 0 Å². The normalized spacial score (nSPS) is 19.4. The molecule has 5 nitrogen and oxygen atoms in total. The topological polar surface area (TPSA) is 57.7 Å². The zero-order valence-corrected chi connectivity index (χ0v) is 16.8. The highest BCUT2D eigenvalue weighted by Gasteiger charge is 2.38. The molecule has 0 spiro atoms. The highest BCUT2D eigenvalue weighted by molar-refractivity contribution is 7.92. The highest BCUT2D eigenvalue weighted by atomic mass is 32.2. The second kappa shape index (κ2) is 7.72. The summed E-state index contributed by atoms with van der Waals surface area (Å²) in [7, 11) is -3.50. The summed E-state index contributed by atoms with van der Waals surface area (Å²) in [6, 6.07) is 16.4. The maximum absolute atomic E-state index is 12.7. The maximum Gasteiger partial charge on any atom is 0.232 e. The SMILES string of the molecule is CCCC(=O)N1c2ccccc2[C@@H](N(c2ccccc2)S(C)(=O)=O)C[C@@H]1C. The summed E-state index contributed by atoms with van der Waals surface area (Å²) in [5.74, 6) is 0.0847. The van der Waals surface area contributed by atoms with Gasteiger partial charge in [-0.15, -0.1) is 0 Å². The molecule has 27 heavy (non-hydrogen) atoms. The molecule has 144 valence electrons. The van der Waals surface area contributed by atoms with Gasteiger partial charge in [0.05, 0.1) is 18.0 Å². The minimum absolute atomic E-state index is 0.0847. The molecule has 3 rings (SSSR count). The lowest BCUT2D eigenvalue weighted by Crippen LogP contribution is -2.47. The minimum atomic E-state index is -3.50. The van der Waals surface area contributed by atoms with Gasteiger partial charge in [-0.2, -0.15) is 0 Å². The number of nitrogens with zero attached hydrogens (tertiary/aromatic N) is 2. The van der Waals surface area contributed by atoms with Crippen LogP contribution in [0.2, 0.25) is 0 Å². The molecule has 0 fully saturated rings. The molecule has 0 N–H and O–H groups in total. The molecule has 1 aliphatic rings. The van der Waals surface area contributed by atoms with Crippen LogP contribution in [0.15, 0.2) is 54.6 Å². The fourth-order valence-corrected chi connectivity index (χ4v) is 5.06. The molecular weight excluding hydrogens is 360 g/mol. The molecule has 6 heteroatoms. The standard InChI is InChI=1S/C21H26N2O3S/c1-4-10-21(24)22-16(2)15-20(18-13-8-9-14-19(18)22)23(27(3,25)26)17-11-6-5-7-12-17/h5-9,11-14,16,20H,4,10,15H2,1-3H3/t16-,20-/m0/s1. The number of carbonyl (C=O) groups excluding carboxylic acids is 1. The summed E-state index contributed by atoms with van der Waals surface area (Å²) < 4.78 is 26.9. The Morgan fingerprint density at radius 3 is 2.37 bits per heavy atom. The first-order valence-electron chi connectivity index (χ1n) is 9.30. The van der Waals surface area contributed by atoms with Gasteiger partial charge >= 0.3 is 0 Å². The molecule has 1 aliphatic heterocycles. The average molecular weight is 387 g/mol. The molecular formula is C21H26N2O3S. The summed E-state index contributed by atoms with van der Waals surface area (Å²) >= 11 is 0. The molecule has 1 amide bonds. The van der Waals surface area contributed by atoms with Crippen LogP contribution in [-0.4, -0.2) is 26.6 Å². The largest absolute Gasteiger partial charge is 0.309 e. The summed E-state index contributed by atoms with van der Waals surface area (Å²) in [6.07, 6.45) is 3.06. The minimum Gasteiger partial charge on any atom is -0.309 e. The van der Waals surface area contributed by atoms with Gasteiger partial charge in [0.15, 0.2) is 0 Å². The first kappa shape index (κ1) is 19.4. The Morgan fingerprint density at radius 1 is 1.11 bits per heavy atom. The van der Waals surface area contributed by atoms with Crippen molar-refractivity contribution in [1.29, 1.82) is 0 Å². The van der Waals surface area contributed by atoms with Crippen molar-refractivity contribution in [3.63, 3.8) is 0 Å². The molecule has 0 aromatic heterocycles. The summed E-state index contributed by atoms with van der Waals surface area (Å²) in [4.78, 5) is 14.5. The van der Waals surface area contributed by atoms with E-state index < -0.39 is 10.0 Å². The van der Waals surface area contributed by atoms with Crippen LogP contribution in [0.5, 0.6) is 0 Å². The van der Waals surface area contributed by atoms with Gasteiger partial charge < -0.3 is 4.90 Å². The van der Waals surface area contributed by atoms with Gasteiger partial charge in [0.25, 0.3) is 0 Å². The molecule has 0 unspecified atom stereocenters. The van der Waals surface area contributed by atoms with Crippen molar-refractivity contribution in [2.45, 2.75) is 45.2 Å². The van der Waals surface area contributed by atoms with E-state index in [1.54, 1.807) is 0 Å². The molecule has 2 aromatic carbocycles. The van der Waals surface area contributed by atoms with E-state index in [1.165, 1.54) is 10.6 Å². The van der Waals surface area contributed by atoms with E-state index in [4.69, 9.17) is 0 Å². The van der Waals surface area contributed by atoms with E-state index in [-0.39, 0.29) is 18.0 Å². The van der Waals surface area contributed by atoms with Crippen molar-refractivity contribution in [2.24, 2.45) is 0 Å². The van der Waals surface area contributed by atoms with Crippen LogP contribution in [-0.2, 0) is 14.8 Å². The predicted octanol–water partition coefficient (Wildman–Crippen LogP) is 4.12. The fourth-order valence-electron chi connectivity index (χ4n) is 3.90. The predicted molar refractivity (Wildman–Crippen MR) is 109 cm³/mol. The van der Waals surface area contributed by atoms with Crippen LogP contribution in [0.1, 0.15) is 44.7 Å². The Balaban J connectivity index is 2.13. The van der Waals surface area contributed by atoms with E-state index in [9.17, 15) is 13.2 Å². The van der Waals surface area contributed by atoms with Crippen LogP contribution in [0, 0.1) is 0 Å². The van der Waals surface area contributed by atoms with Gasteiger partial charge in [0, 0.05) is 18.2 Å². The number of amides is 1. The molecule has 1 heterocycles. The Kier molecular flexibility index (Phi) is 5.56. The maximum atomic E-state index is 12.7. The first-order valence-corrected chi connectivity index (χ1v) is 11.1. The van der Waals surface area contributed by atoms with Crippen LogP contribution < -0.4 is 9.21 Å². The molecule has 0 saturated carbocycles. The van der Waals surface area contributed by atoms with Gasteiger partial charge in [-0.1, -0.05) is 43.3 Å². The summed E-state index contributed by atoms with van der Waals surface area (Å²) in [5, 5.41) is 0. The Hall–Kier alpha value is -2.34. The number of sulfonamides is 1. The van der Waals surface area contributed by atoms with E-state index in [1.807, 2.05) is 73.3 Å². The summed E-state index contributed by atoms with van der Waals surface area (Å²) in [6.45, 7) is 3.98. The number of fused-ring (bicyclic) bond motifs is 1. The van der Waals surface area contributed by atoms with E-state index in [2.05, 4.69) is 0 Å². The molecule has 0 aliphatic carbocycles. The van der Waals surface area contributed by atoms with Gasteiger partial charge in [-0.05, 0) is 43.5 Å². The van der Waals surface area contributed by atoms with Gasteiger partial charge in [0.2, 0.25) is 15.9 Å². The second-order valence-electron chi connectivity index (χ2n) is 7.07. The number of rotatable bonds is 5. The van der Waals surface area contributed by atoms with Gasteiger partial charge in [-0.25, -0.2) is 8.42 Å². The van der Waals surface area contributed by atoms with Gasteiger partial charge in [0.1, 0.15) is 0 Å². The molecule has 0 radical (unpaired) electrons. The zero-order valence-electron chi connectivity index (χ0n) is 16.0. The quantitative estimate of drug-likeness (QED) is 0.777. The molecule has 2 atom stereocenters. The van der Waals surface area contributed by atoms with Crippen LogP contribution >= 0.6 is 0 Å². The van der Waals surface area contributed by atoms with E-state index >= 15 is 0 Å². The highest BCUT2D eigenvalue weighted by Crippen LogP contribution is 2.43. The lowest BCUT2D eigenvalue weighted by Gasteiger charge is -2.43. The van der Waals surface area contributed by atoms with Crippen molar-refractivity contribution in [3.05, 3.63) is 60.2 Å². The van der Waals surface area contributed by atoms with Gasteiger partial charge in [-0.3, -0.25) is 9.10 Å². The summed E-state index contributed by atoms with van der Waals surface area (Å²) in [5.41, 5.74) is 2.32. The molecule has 2 aromatic rings. The third-order valence-corrected chi connectivity index (χ3v) is 6.12. The van der Waals surface area contributed by atoms with Crippen molar-refractivity contribution in [3.8, 4) is 0 Å². The first-order chi connectivity index (χ1) is 12.8. The van der Waals surface area contributed by atoms with Crippen LogP contribution in [0.25, 0.3) is 0 Å². The third-order valence-electron chi connectivity index (χ3n) is 4.94. The smallest absolute Gasteiger partial charge is 0.232 e. The number of carbonyl (C=O) groups is 1. The number of benzene rings is 2. The second-order valence-corrected chi connectivity index (χ2v) is 8.93. The monoisotopic (exact) mass is 386 g/mol. The van der Waals surface area contributed by atoms with Crippen LogP contribution in [0.4, 0.5) is 11.4 Å². The molecule has 0 bridgehead atoms.